The summed E-state index contributed by atoms with van der Waals surface area (Å²) in [5.41, 5.74) is 1.83. The molecule has 1 aliphatic rings. The molecule has 1 aliphatic heterocycles. The highest BCUT2D eigenvalue weighted by Gasteiger charge is 2.16. The summed E-state index contributed by atoms with van der Waals surface area (Å²) in [6.45, 7) is 4.75. The summed E-state index contributed by atoms with van der Waals surface area (Å²) in [7, 11) is 0. The molecule has 0 aliphatic carbocycles. The Hall–Kier alpha value is -2.04. The summed E-state index contributed by atoms with van der Waals surface area (Å²) in [5, 5.41) is 17.5. The molecule has 1 aromatic rings. The van der Waals surface area contributed by atoms with Crippen molar-refractivity contribution in [2.24, 2.45) is 0 Å². The quantitative estimate of drug-likeness (QED) is 0.805. The van der Waals surface area contributed by atoms with E-state index in [0.717, 1.165) is 38.4 Å². The number of benzene rings is 1. The Bertz CT molecular complexity index is 475. The molecule has 0 spiro atoms. The van der Waals surface area contributed by atoms with Crippen LogP contribution in [-0.4, -0.2) is 37.6 Å². The number of rotatable bonds is 3. The first-order chi connectivity index (χ1) is 8.83. The van der Waals surface area contributed by atoms with Crippen LogP contribution < -0.4 is 4.90 Å². The van der Waals surface area contributed by atoms with E-state index in [4.69, 9.17) is 10.5 Å². The Kier molecular flexibility index (Phi) is 4.17. The first kappa shape index (κ1) is 12.4. The zero-order chi connectivity index (χ0) is 12.8. The molecule has 1 heterocycles. The van der Waals surface area contributed by atoms with Gasteiger partial charge in [0, 0.05) is 44.8 Å². The molecule has 1 saturated heterocycles. The fourth-order valence-corrected chi connectivity index (χ4v) is 2.21. The fraction of sp³-hybridized carbons (Fsp3) is 0.429. The lowest BCUT2D eigenvalue weighted by Crippen LogP contribution is -2.46. The third-order valence-corrected chi connectivity index (χ3v) is 3.25. The predicted octanol–water partition coefficient (Wildman–Crippen LogP) is 1.59. The maximum absolute atomic E-state index is 8.89. The monoisotopic (exact) mass is 240 g/mol. The average molecular weight is 240 g/mol. The Labute approximate surface area is 108 Å². The van der Waals surface area contributed by atoms with Gasteiger partial charge in [0.2, 0.25) is 0 Å². The van der Waals surface area contributed by atoms with Crippen molar-refractivity contribution in [3.05, 3.63) is 29.8 Å². The van der Waals surface area contributed by atoms with Crippen LogP contribution in [0.2, 0.25) is 0 Å². The van der Waals surface area contributed by atoms with Crippen LogP contribution in [0.5, 0.6) is 0 Å². The third kappa shape index (κ3) is 3.00. The van der Waals surface area contributed by atoms with Crippen molar-refractivity contribution in [3.8, 4) is 12.1 Å². The smallest absolute Gasteiger partial charge is 0.0992 e. The summed E-state index contributed by atoms with van der Waals surface area (Å²) in [5.74, 6) is 0. The fourth-order valence-electron chi connectivity index (χ4n) is 2.21. The lowest BCUT2D eigenvalue weighted by atomic mass is 10.2. The molecule has 1 aromatic carbocycles. The van der Waals surface area contributed by atoms with Gasteiger partial charge >= 0.3 is 0 Å². The van der Waals surface area contributed by atoms with Gasteiger partial charge < -0.3 is 4.90 Å². The van der Waals surface area contributed by atoms with Gasteiger partial charge in [0.25, 0.3) is 0 Å². The minimum atomic E-state index is 0.601. The molecule has 0 amide bonds. The van der Waals surface area contributed by atoms with Gasteiger partial charge in [0.1, 0.15) is 0 Å². The highest BCUT2D eigenvalue weighted by molar-refractivity contribution is 5.51. The molecule has 1 fully saturated rings. The van der Waals surface area contributed by atoms with Crippen LogP contribution in [-0.2, 0) is 0 Å². The zero-order valence-electron chi connectivity index (χ0n) is 10.3. The minimum Gasteiger partial charge on any atom is -0.369 e. The van der Waals surface area contributed by atoms with E-state index in [2.05, 4.69) is 21.9 Å². The molecule has 0 bridgehead atoms. The van der Waals surface area contributed by atoms with Crippen molar-refractivity contribution in [2.75, 3.05) is 37.6 Å². The summed E-state index contributed by atoms with van der Waals surface area (Å²) in [6, 6.07) is 12.1. The number of nitriles is 2. The second-order valence-corrected chi connectivity index (χ2v) is 4.40. The van der Waals surface area contributed by atoms with Gasteiger partial charge in [0.05, 0.1) is 17.7 Å². The molecule has 4 heteroatoms. The van der Waals surface area contributed by atoms with Crippen LogP contribution in [0, 0.1) is 22.7 Å². The third-order valence-electron chi connectivity index (χ3n) is 3.25. The van der Waals surface area contributed by atoms with E-state index in [-0.39, 0.29) is 0 Å². The topological polar surface area (TPSA) is 54.1 Å². The number of piperazine rings is 1. The van der Waals surface area contributed by atoms with Crippen LogP contribution in [0.3, 0.4) is 0 Å². The highest BCUT2D eigenvalue weighted by Crippen LogP contribution is 2.17. The Morgan fingerprint density at radius 2 is 1.89 bits per heavy atom. The number of anilines is 1. The first-order valence-corrected chi connectivity index (χ1v) is 6.18. The zero-order valence-corrected chi connectivity index (χ0v) is 10.3. The SMILES string of the molecule is N#CCCN1CCN(c2cccc(C#N)c2)CC1. The van der Waals surface area contributed by atoms with Crippen LogP contribution >= 0.6 is 0 Å². The molecule has 0 unspecified atom stereocenters. The largest absolute Gasteiger partial charge is 0.369 e. The van der Waals surface area contributed by atoms with E-state index in [1.54, 1.807) is 0 Å². The summed E-state index contributed by atoms with van der Waals surface area (Å²) < 4.78 is 0. The molecule has 0 saturated carbocycles. The first-order valence-electron chi connectivity index (χ1n) is 6.18. The van der Waals surface area contributed by atoms with Crippen molar-refractivity contribution < 1.29 is 0 Å². The molecule has 4 nitrogen and oxygen atoms in total. The van der Waals surface area contributed by atoms with Crippen molar-refractivity contribution in [3.63, 3.8) is 0 Å². The highest BCUT2D eigenvalue weighted by atomic mass is 15.3. The molecule has 2 rings (SSSR count). The molecule has 0 atom stereocenters. The van der Waals surface area contributed by atoms with Gasteiger partial charge in [-0.05, 0) is 18.2 Å². The second-order valence-electron chi connectivity index (χ2n) is 4.40. The summed E-state index contributed by atoms with van der Waals surface area (Å²) in [6.07, 6.45) is 0.601. The molecule has 0 aromatic heterocycles. The normalized spacial score (nSPS) is 16.0. The summed E-state index contributed by atoms with van der Waals surface area (Å²) in [4.78, 5) is 4.61. The van der Waals surface area contributed by atoms with Gasteiger partial charge in [-0.15, -0.1) is 0 Å². The van der Waals surface area contributed by atoms with E-state index in [1.165, 1.54) is 0 Å². The van der Waals surface area contributed by atoms with Crippen LogP contribution in [0.25, 0.3) is 0 Å². The van der Waals surface area contributed by atoms with Gasteiger partial charge in [-0.1, -0.05) is 6.07 Å². The minimum absolute atomic E-state index is 0.601. The van der Waals surface area contributed by atoms with Crippen molar-refractivity contribution >= 4 is 5.69 Å². The van der Waals surface area contributed by atoms with E-state index in [1.807, 2.05) is 24.3 Å². The number of hydrogen-bond acceptors (Lipinski definition) is 4. The van der Waals surface area contributed by atoms with Gasteiger partial charge in [-0.2, -0.15) is 10.5 Å². The molecule has 0 N–H and O–H groups in total. The van der Waals surface area contributed by atoms with Crippen LogP contribution in [0.4, 0.5) is 5.69 Å². The number of hydrogen-bond donors (Lipinski definition) is 0. The Balaban J connectivity index is 1.93. The average Bonchev–Trinajstić information content (AvgIpc) is 2.46. The van der Waals surface area contributed by atoms with Crippen LogP contribution in [0.15, 0.2) is 24.3 Å². The maximum Gasteiger partial charge on any atom is 0.0992 e. The van der Waals surface area contributed by atoms with Crippen molar-refractivity contribution in [1.82, 2.24) is 4.90 Å². The number of nitrogens with zero attached hydrogens (tertiary/aromatic N) is 4. The Morgan fingerprint density at radius 1 is 1.11 bits per heavy atom. The Morgan fingerprint density at radius 3 is 2.56 bits per heavy atom. The van der Waals surface area contributed by atoms with Crippen molar-refractivity contribution in [1.29, 1.82) is 10.5 Å². The van der Waals surface area contributed by atoms with Gasteiger partial charge in [0.15, 0.2) is 0 Å². The lowest BCUT2D eigenvalue weighted by molar-refractivity contribution is 0.263. The maximum atomic E-state index is 8.89. The molecule has 0 radical (unpaired) electrons. The molecule has 92 valence electrons. The standard InChI is InChI=1S/C14H16N4/c15-5-2-6-17-7-9-18(10-8-17)14-4-1-3-13(11-14)12-16/h1,3-4,11H,2,6-10H2. The second kappa shape index (κ2) is 6.05. The van der Waals surface area contributed by atoms with Gasteiger partial charge in [-0.25, -0.2) is 0 Å². The van der Waals surface area contributed by atoms with Gasteiger partial charge in [-0.3, -0.25) is 4.90 Å². The van der Waals surface area contributed by atoms with Crippen molar-refractivity contribution in [2.45, 2.75) is 6.42 Å². The molecule has 18 heavy (non-hydrogen) atoms. The van der Waals surface area contributed by atoms with E-state index in [0.29, 0.717) is 12.0 Å². The predicted molar refractivity (Wildman–Crippen MR) is 70.0 cm³/mol. The molecular weight excluding hydrogens is 224 g/mol. The van der Waals surface area contributed by atoms with Crippen LogP contribution in [0.1, 0.15) is 12.0 Å². The lowest BCUT2D eigenvalue weighted by Gasteiger charge is -2.35. The van der Waals surface area contributed by atoms with E-state index < -0.39 is 0 Å². The van der Waals surface area contributed by atoms with E-state index in [9.17, 15) is 0 Å². The van der Waals surface area contributed by atoms with E-state index >= 15 is 0 Å². The summed E-state index contributed by atoms with van der Waals surface area (Å²) >= 11 is 0. The molecular formula is C14H16N4.